The third-order valence-corrected chi connectivity index (χ3v) is 4.10. The molecule has 142 valence electrons. The molecule has 0 unspecified atom stereocenters. The van der Waals surface area contributed by atoms with E-state index < -0.39 is 0 Å². The lowest BCUT2D eigenvalue weighted by Gasteiger charge is -2.11. The molecule has 3 rings (SSSR count). The second-order valence-corrected chi connectivity index (χ2v) is 6.48. The third kappa shape index (κ3) is 6.17. The minimum absolute atomic E-state index is 0.203. The summed E-state index contributed by atoms with van der Waals surface area (Å²) in [5, 5.41) is 5.83. The summed E-state index contributed by atoms with van der Waals surface area (Å²) < 4.78 is 18.6. The van der Waals surface area contributed by atoms with Crippen molar-refractivity contribution < 1.29 is 13.9 Å². The first kappa shape index (κ1) is 19.5. The number of halogens is 1. The summed E-state index contributed by atoms with van der Waals surface area (Å²) in [7, 11) is 0. The number of benzene rings is 3. The van der Waals surface area contributed by atoms with E-state index in [0.717, 1.165) is 17.0 Å². The van der Waals surface area contributed by atoms with Crippen LogP contribution in [0.5, 0.6) is 11.5 Å². The van der Waals surface area contributed by atoms with Gasteiger partial charge in [-0.15, -0.1) is 0 Å². The van der Waals surface area contributed by atoms with Crippen molar-refractivity contribution in [2.45, 2.75) is 12.8 Å². The number of anilines is 1. The van der Waals surface area contributed by atoms with Gasteiger partial charge in [0.1, 0.15) is 17.3 Å². The molecule has 0 aromatic heterocycles. The maximum absolute atomic E-state index is 12.9. The molecule has 3 aromatic carbocycles. The van der Waals surface area contributed by atoms with E-state index in [1.807, 2.05) is 54.6 Å². The highest BCUT2D eigenvalue weighted by Crippen LogP contribution is 2.22. The molecule has 0 saturated heterocycles. The molecule has 0 aliphatic rings. The molecule has 4 nitrogen and oxygen atoms in total. The van der Waals surface area contributed by atoms with Crippen LogP contribution in [0.25, 0.3) is 0 Å². The number of carbonyl (C=O) groups excluding carboxylic acids is 1. The SMILES string of the molecule is O=C(CCc1ccc(F)cc1)NC(=S)Nc1ccc(Oc2ccccc2)cc1. The largest absolute Gasteiger partial charge is 0.457 e. The molecule has 0 saturated carbocycles. The molecule has 6 heteroatoms. The molecule has 0 fully saturated rings. The molecule has 0 heterocycles. The Labute approximate surface area is 168 Å². The average Bonchev–Trinajstić information content (AvgIpc) is 2.70. The fourth-order valence-electron chi connectivity index (χ4n) is 2.49. The number of thiocarbonyl (C=S) groups is 1. The van der Waals surface area contributed by atoms with Crippen LogP contribution in [0, 0.1) is 5.82 Å². The normalized spacial score (nSPS) is 10.2. The van der Waals surface area contributed by atoms with Crippen molar-refractivity contribution in [1.82, 2.24) is 5.32 Å². The third-order valence-electron chi connectivity index (χ3n) is 3.90. The number of aryl methyl sites for hydroxylation is 1. The lowest BCUT2D eigenvalue weighted by Crippen LogP contribution is -2.34. The predicted octanol–water partition coefficient (Wildman–Crippen LogP) is 5.06. The zero-order chi connectivity index (χ0) is 19.8. The average molecular weight is 394 g/mol. The Morgan fingerprint density at radius 3 is 2.21 bits per heavy atom. The van der Waals surface area contributed by atoms with Crippen LogP contribution in [0.15, 0.2) is 78.9 Å². The van der Waals surface area contributed by atoms with E-state index in [0.29, 0.717) is 12.2 Å². The first-order valence-corrected chi connectivity index (χ1v) is 9.17. The van der Waals surface area contributed by atoms with E-state index in [1.165, 1.54) is 12.1 Å². The topological polar surface area (TPSA) is 50.4 Å². The van der Waals surface area contributed by atoms with Gasteiger partial charge in [0.05, 0.1) is 0 Å². The van der Waals surface area contributed by atoms with Crippen molar-refractivity contribution in [3.8, 4) is 11.5 Å². The van der Waals surface area contributed by atoms with Crippen molar-refractivity contribution in [2.75, 3.05) is 5.32 Å². The van der Waals surface area contributed by atoms with Gasteiger partial charge in [0.15, 0.2) is 5.11 Å². The maximum atomic E-state index is 12.9. The number of ether oxygens (including phenoxy) is 1. The summed E-state index contributed by atoms with van der Waals surface area (Å²) in [6.07, 6.45) is 0.775. The number of carbonyl (C=O) groups is 1. The van der Waals surface area contributed by atoms with Gasteiger partial charge in [-0.05, 0) is 72.7 Å². The van der Waals surface area contributed by atoms with Crippen molar-refractivity contribution in [2.24, 2.45) is 0 Å². The molecule has 0 aliphatic carbocycles. The van der Waals surface area contributed by atoms with Crippen LogP contribution in [0.2, 0.25) is 0 Å². The summed E-state index contributed by atoms with van der Waals surface area (Å²) in [6, 6.07) is 22.8. The molecule has 28 heavy (non-hydrogen) atoms. The standard InChI is InChI=1S/C22H19FN2O2S/c23-17-9-6-16(7-10-17)8-15-21(26)25-22(28)24-18-11-13-20(14-12-18)27-19-4-2-1-3-5-19/h1-7,9-14H,8,15H2,(H2,24,25,26,28). The van der Waals surface area contributed by atoms with Gasteiger partial charge in [0.2, 0.25) is 5.91 Å². The van der Waals surface area contributed by atoms with Crippen LogP contribution in [-0.4, -0.2) is 11.0 Å². The van der Waals surface area contributed by atoms with E-state index in [4.69, 9.17) is 17.0 Å². The van der Waals surface area contributed by atoms with Crippen LogP contribution < -0.4 is 15.4 Å². The minimum Gasteiger partial charge on any atom is -0.457 e. The number of hydrogen-bond donors (Lipinski definition) is 2. The number of nitrogens with one attached hydrogen (secondary N) is 2. The highest BCUT2D eigenvalue weighted by molar-refractivity contribution is 7.80. The highest BCUT2D eigenvalue weighted by Gasteiger charge is 2.06. The molecule has 0 spiro atoms. The lowest BCUT2D eigenvalue weighted by molar-refractivity contribution is -0.119. The molecule has 0 bridgehead atoms. The fraction of sp³-hybridized carbons (Fsp3) is 0.0909. The molecule has 1 amide bonds. The molecular formula is C22H19FN2O2S. The van der Waals surface area contributed by atoms with Crippen LogP contribution in [-0.2, 0) is 11.2 Å². The Morgan fingerprint density at radius 1 is 0.893 bits per heavy atom. The van der Waals surface area contributed by atoms with E-state index in [9.17, 15) is 9.18 Å². The Morgan fingerprint density at radius 2 is 1.54 bits per heavy atom. The van der Waals surface area contributed by atoms with Crippen molar-refractivity contribution in [3.05, 3.63) is 90.2 Å². The summed E-state index contributed by atoms with van der Waals surface area (Å²) in [4.78, 5) is 12.0. The smallest absolute Gasteiger partial charge is 0.226 e. The first-order chi connectivity index (χ1) is 13.6. The second kappa shape index (κ2) is 9.62. The molecule has 2 N–H and O–H groups in total. The monoisotopic (exact) mass is 394 g/mol. The van der Waals surface area contributed by atoms with Crippen LogP contribution >= 0.6 is 12.2 Å². The Bertz CT molecular complexity index is 929. The van der Waals surface area contributed by atoms with Gasteiger partial charge in [-0.2, -0.15) is 0 Å². The van der Waals surface area contributed by atoms with E-state index in [1.54, 1.807) is 12.1 Å². The Balaban J connectivity index is 1.44. The lowest BCUT2D eigenvalue weighted by atomic mass is 10.1. The highest BCUT2D eigenvalue weighted by atomic mass is 32.1. The van der Waals surface area contributed by atoms with Gasteiger partial charge in [0, 0.05) is 12.1 Å². The zero-order valence-corrected chi connectivity index (χ0v) is 15.8. The van der Waals surface area contributed by atoms with Crippen molar-refractivity contribution >= 4 is 28.9 Å². The molecule has 3 aromatic rings. The number of amides is 1. The summed E-state index contributed by atoms with van der Waals surface area (Å²) in [5.41, 5.74) is 1.63. The number of rotatable bonds is 6. The minimum atomic E-state index is -0.293. The molecule has 0 aliphatic heterocycles. The van der Waals surface area contributed by atoms with E-state index in [2.05, 4.69) is 10.6 Å². The Hall–Kier alpha value is -3.25. The van der Waals surface area contributed by atoms with Gasteiger partial charge < -0.3 is 15.4 Å². The first-order valence-electron chi connectivity index (χ1n) is 8.77. The van der Waals surface area contributed by atoms with Gasteiger partial charge in [-0.3, -0.25) is 4.79 Å². The zero-order valence-electron chi connectivity index (χ0n) is 15.0. The number of hydrogen-bond acceptors (Lipinski definition) is 3. The van der Waals surface area contributed by atoms with Gasteiger partial charge >= 0.3 is 0 Å². The van der Waals surface area contributed by atoms with E-state index in [-0.39, 0.29) is 23.3 Å². The fourth-order valence-corrected chi connectivity index (χ4v) is 2.72. The molecule has 0 atom stereocenters. The summed E-state index contributed by atoms with van der Waals surface area (Å²) in [5.74, 6) is 0.961. The summed E-state index contributed by atoms with van der Waals surface area (Å²) >= 11 is 5.17. The van der Waals surface area contributed by atoms with Crippen molar-refractivity contribution in [3.63, 3.8) is 0 Å². The quantitative estimate of drug-likeness (QED) is 0.574. The maximum Gasteiger partial charge on any atom is 0.226 e. The Kier molecular flexibility index (Phi) is 6.70. The van der Waals surface area contributed by atoms with Gasteiger partial charge in [-0.1, -0.05) is 30.3 Å². The predicted molar refractivity (Wildman–Crippen MR) is 112 cm³/mol. The van der Waals surface area contributed by atoms with Crippen LogP contribution in [0.3, 0.4) is 0 Å². The molecular weight excluding hydrogens is 375 g/mol. The van der Waals surface area contributed by atoms with Gasteiger partial charge in [0.25, 0.3) is 0 Å². The van der Waals surface area contributed by atoms with E-state index >= 15 is 0 Å². The van der Waals surface area contributed by atoms with Crippen molar-refractivity contribution in [1.29, 1.82) is 0 Å². The second-order valence-electron chi connectivity index (χ2n) is 6.07. The summed E-state index contributed by atoms with van der Waals surface area (Å²) in [6.45, 7) is 0. The van der Waals surface area contributed by atoms with Crippen LogP contribution in [0.4, 0.5) is 10.1 Å². The van der Waals surface area contributed by atoms with Crippen LogP contribution in [0.1, 0.15) is 12.0 Å². The number of para-hydroxylation sites is 1. The van der Waals surface area contributed by atoms with Gasteiger partial charge in [-0.25, -0.2) is 4.39 Å². The molecule has 0 radical (unpaired) electrons.